The zero-order chi connectivity index (χ0) is 42.8. The van der Waals surface area contributed by atoms with Crippen molar-refractivity contribution in [1.29, 1.82) is 0 Å². The molecule has 8 rings (SSSR count). The van der Waals surface area contributed by atoms with E-state index in [9.17, 15) is 19.2 Å². The zero-order valence-corrected chi connectivity index (χ0v) is 35.7. The molecule has 3 aromatic heterocycles. The Morgan fingerprint density at radius 3 is 2.15 bits per heavy atom. The van der Waals surface area contributed by atoms with Gasteiger partial charge in [-0.3, -0.25) is 9.59 Å². The molecule has 2 aliphatic heterocycles. The molecular weight excluding hydrogens is 793 g/mol. The van der Waals surface area contributed by atoms with Crippen LogP contribution in [0.1, 0.15) is 75.8 Å². The Balaban J connectivity index is 0.952. The summed E-state index contributed by atoms with van der Waals surface area (Å²) in [6, 6.07) is 21.1. The molecule has 2 fully saturated rings. The van der Waals surface area contributed by atoms with Crippen molar-refractivity contribution in [2.24, 2.45) is 5.92 Å². The van der Waals surface area contributed by atoms with Crippen molar-refractivity contribution in [3.05, 3.63) is 107 Å². The summed E-state index contributed by atoms with van der Waals surface area (Å²) in [6.45, 7) is 6.98. The van der Waals surface area contributed by atoms with Gasteiger partial charge in [0, 0.05) is 18.7 Å². The molecule has 14 nitrogen and oxygen atoms in total. The summed E-state index contributed by atoms with van der Waals surface area (Å²) in [4.78, 5) is 72.0. The van der Waals surface area contributed by atoms with E-state index in [0.29, 0.717) is 24.7 Å². The lowest BCUT2D eigenvalue weighted by Gasteiger charge is -2.37. The number of likely N-dealkylation sites (tertiary alicyclic amines) is 2. The highest BCUT2D eigenvalue weighted by atomic mass is 32.1. The smallest absolute Gasteiger partial charge is 0.407 e. The van der Waals surface area contributed by atoms with Crippen molar-refractivity contribution in [1.82, 2.24) is 40.4 Å². The van der Waals surface area contributed by atoms with Crippen LogP contribution in [0.4, 0.5) is 9.59 Å². The molecule has 61 heavy (non-hydrogen) atoms. The van der Waals surface area contributed by atoms with Crippen LogP contribution < -0.4 is 10.6 Å². The summed E-state index contributed by atoms with van der Waals surface area (Å²) < 4.78 is 9.61. The SMILES string of the molecule is COC(=O)NC(C(=O)N1CCC[C@H]1c1ncc(-c2ccc(-c3ccc4cc(-c5cnc([C@]6(C)CCCN6C(=O)[C@@H](NC(=O)OC)C(C)C)[nH]5)ccc4c3)cc2)[nH]1)c1ccsc1. The van der Waals surface area contributed by atoms with Gasteiger partial charge in [-0.2, -0.15) is 11.3 Å². The molecule has 2 saturated heterocycles. The van der Waals surface area contributed by atoms with Crippen LogP contribution in [-0.4, -0.2) is 87.1 Å². The van der Waals surface area contributed by atoms with Gasteiger partial charge >= 0.3 is 12.2 Å². The number of hydrogen-bond acceptors (Lipinski definition) is 9. The highest BCUT2D eigenvalue weighted by molar-refractivity contribution is 7.08. The average molecular weight is 843 g/mol. The number of nitrogens with zero attached hydrogens (tertiary/aromatic N) is 4. The summed E-state index contributed by atoms with van der Waals surface area (Å²) >= 11 is 1.46. The number of aromatic amines is 2. The molecule has 0 saturated carbocycles. The number of H-pyrrole nitrogens is 2. The van der Waals surface area contributed by atoms with Crippen LogP contribution >= 0.6 is 11.3 Å². The molecule has 4 N–H and O–H groups in total. The maximum Gasteiger partial charge on any atom is 0.407 e. The first-order chi connectivity index (χ1) is 29.5. The molecule has 15 heteroatoms. The van der Waals surface area contributed by atoms with Crippen LogP contribution in [-0.2, 0) is 24.6 Å². The van der Waals surface area contributed by atoms with Crippen LogP contribution in [0.5, 0.6) is 0 Å². The van der Waals surface area contributed by atoms with Gasteiger partial charge in [0.25, 0.3) is 5.91 Å². The Morgan fingerprint density at radius 2 is 1.44 bits per heavy atom. The second-order valence-electron chi connectivity index (χ2n) is 16.2. The van der Waals surface area contributed by atoms with Gasteiger partial charge < -0.3 is 39.9 Å². The van der Waals surface area contributed by atoms with Crippen LogP contribution in [0.15, 0.2) is 89.9 Å². The largest absolute Gasteiger partial charge is 0.453 e. The van der Waals surface area contributed by atoms with E-state index < -0.39 is 29.8 Å². The van der Waals surface area contributed by atoms with Crippen molar-refractivity contribution < 1.29 is 28.7 Å². The number of carbonyl (C=O) groups is 4. The second-order valence-corrected chi connectivity index (χ2v) is 17.0. The Kier molecular flexibility index (Phi) is 11.7. The highest BCUT2D eigenvalue weighted by Crippen LogP contribution is 2.40. The number of amides is 4. The fourth-order valence-electron chi connectivity index (χ4n) is 8.64. The second kappa shape index (κ2) is 17.2. The zero-order valence-electron chi connectivity index (χ0n) is 34.9. The number of alkyl carbamates (subject to hydrolysis) is 2. The molecule has 316 valence electrons. The number of nitrogens with one attached hydrogen (secondary N) is 4. The van der Waals surface area contributed by atoms with Crippen LogP contribution in [0.2, 0.25) is 0 Å². The van der Waals surface area contributed by atoms with E-state index in [1.165, 1.54) is 25.6 Å². The molecule has 5 heterocycles. The number of ether oxygens (including phenoxy) is 2. The Morgan fingerprint density at radius 1 is 0.787 bits per heavy atom. The molecule has 4 amide bonds. The first kappa shape index (κ1) is 41.3. The van der Waals surface area contributed by atoms with E-state index in [1.807, 2.05) is 54.9 Å². The average Bonchev–Trinajstić information content (AvgIpc) is 4.14. The summed E-state index contributed by atoms with van der Waals surface area (Å²) in [5, 5.41) is 11.4. The molecular formula is C46H50N8O6S. The summed E-state index contributed by atoms with van der Waals surface area (Å²) in [7, 11) is 2.58. The standard InChI is InChI=1S/C46H50N8O6S/c1-27(2)38(51-44(57)59-4)42(56)54-20-7-18-46(54,3)43-48-25-36(50-43)33-16-15-31-22-30(13-14-32(31)23-33)28-9-11-29(12-10-28)35-24-47-40(49-35)37-8-6-19-53(37)41(55)39(52-45(58)60-5)34-17-21-61-26-34/h9-17,21-27,37-39H,6-8,18-20H2,1-5H3,(H,47,49)(H,48,50)(H,51,57)(H,52,58)/t37-,38-,39?,46-/m0/s1. The third-order valence-corrected chi connectivity index (χ3v) is 12.8. The van der Waals surface area contributed by atoms with Gasteiger partial charge in [0.15, 0.2) is 0 Å². The van der Waals surface area contributed by atoms with Gasteiger partial charge in [0.1, 0.15) is 23.7 Å². The number of thiophene rings is 1. The van der Waals surface area contributed by atoms with Crippen LogP contribution in [0.25, 0.3) is 44.4 Å². The van der Waals surface area contributed by atoms with Crippen molar-refractivity contribution in [3.8, 4) is 33.6 Å². The van der Waals surface area contributed by atoms with E-state index in [4.69, 9.17) is 19.4 Å². The minimum atomic E-state index is -0.844. The first-order valence-corrected chi connectivity index (χ1v) is 21.5. The van der Waals surface area contributed by atoms with Crippen molar-refractivity contribution >= 4 is 46.1 Å². The maximum atomic E-state index is 13.8. The molecule has 1 unspecified atom stereocenters. The number of benzene rings is 3. The minimum absolute atomic E-state index is 0.122. The lowest BCUT2D eigenvalue weighted by Crippen LogP contribution is -2.55. The summed E-state index contributed by atoms with van der Waals surface area (Å²) in [5.74, 6) is 0.953. The number of carbonyl (C=O) groups excluding carboxylic acids is 4. The van der Waals surface area contributed by atoms with Crippen LogP contribution in [0.3, 0.4) is 0 Å². The summed E-state index contributed by atoms with van der Waals surface area (Å²) in [6.07, 6.45) is 5.50. The van der Waals surface area contributed by atoms with Gasteiger partial charge in [-0.05, 0) is 101 Å². The van der Waals surface area contributed by atoms with Crippen molar-refractivity contribution in [3.63, 3.8) is 0 Å². The van der Waals surface area contributed by atoms with Gasteiger partial charge in [0.2, 0.25) is 5.91 Å². The Labute approximate surface area is 358 Å². The molecule has 3 aromatic carbocycles. The molecule has 0 spiro atoms. The number of methoxy groups -OCH3 is 2. The third kappa shape index (κ3) is 8.21. The lowest BCUT2D eigenvalue weighted by atomic mass is 9.95. The fourth-order valence-corrected chi connectivity index (χ4v) is 9.33. The van der Waals surface area contributed by atoms with Crippen LogP contribution in [0, 0.1) is 5.92 Å². The topological polar surface area (TPSA) is 175 Å². The summed E-state index contributed by atoms with van der Waals surface area (Å²) in [5.41, 5.74) is 5.90. The predicted molar refractivity (Wildman–Crippen MR) is 233 cm³/mol. The molecule has 0 radical (unpaired) electrons. The minimum Gasteiger partial charge on any atom is -0.453 e. The van der Waals surface area contributed by atoms with Gasteiger partial charge in [-0.15, -0.1) is 0 Å². The number of hydrogen-bond donors (Lipinski definition) is 4. The quantitative estimate of drug-likeness (QED) is 0.101. The lowest BCUT2D eigenvalue weighted by molar-refractivity contribution is -0.138. The van der Waals surface area contributed by atoms with E-state index in [0.717, 1.165) is 75.7 Å². The van der Waals surface area contributed by atoms with Gasteiger partial charge in [-0.1, -0.05) is 62.4 Å². The maximum absolute atomic E-state index is 13.8. The monoisotopic (exact) mass is 842 g/mol. The highest BCUT2D eigenvalue weighted by Gasteiger charge is 2.46. The first-order valence-electron chi connectivity index (χ1n) is 20.6. The number of aromatic nitrogens is 4. The number of imidazole rings is 2. The molecule has 0 aliphatic carbocycles. The van der Waals surface area contributed by atoms with Gasteiger partial charge in [0.05, 0.1) is 49.6 Å². The fraction of sp³-hybridized carbons (Fsp3) is 0.348. The Bertz CT molecular complexity index is 2550. The van der Waals surface area contributed by atoms with Crippen molar-refractivity contribution in [2.75, 3.05) is 27.3 Å². The van der Waals surface area contributed by atoms with Gasteiger partial charge in [-0.25, -0.2) is 19.6 Å². The molecule has 6 aromatic rings. The number of rotatable bonds is 11. The predicted octanol–water partition coefficient (Wildman–Crippen LogP) is 8.33. The van der Waals surface area contributed by atoms with E-state index in [-0.39, 0.29) is 23.8 Å². The molecule has 2 aliphatic rings. The van der Waals surface area contributed by atoms with E-state index >= 15 is 0 Å². The van der Waals surface area contributed by atoms with E-state index in [1.54, 1.807) is 4.90 Å². The molecule has 0 bridgehead atoms. The van der Waals surface area contributed by atoms with Crippen molar-refractivity contribution in [2.45, 2.75) is 70.1 Å². The third-order valence-electron chi connectivity index (χ3n) is 12.1. The normalized spacial score (nSPS) is 18.6. The number of fused-ring (bicyclic) bond motifs is 1. The Hall–Kier alpha value is -6.48. The molecule has 4 atom stereocenters. The van der Waals surface area contributed by atoms with E-state index in [2.05, 4.69) is 81.3 Å².